The van der Waals surface area contributed by atoms with Gasteiger partial charge in [0.25, 0.3) is 5.56 Å². The van der Waals surface area contributed by atoms with Crippen LogP contribution in [0.15, 0.2) is 59.4 Å². The highest BCUT2D eigenvalue weighted by Gasteiger charge is 2.26. The van der Waals surface area contributed by atoms with Gasteiger partial charge in [-0.25, -0.2) is 0 Å². The molecule has 28 heavy (non-hydrogen) atoms. The summed E-state index contributed by atoms with van der Waals surface area (Å²) >= 11 is 0. The number of rotatable bonds is 6. The third-order valence-electron chi connectivity index (χ3n) is 4.88. The SMILES string of the molecule is CCc1ccc(-c2ccc(OC[C@@H]3Cn4c(CO)cc(=O)nc4O3)cc2)cc1. The monoisotopic (exact) mass is 378 g/mol. The van der Waals surface area contributed by atoms with Crippen LogP contribution in [0.25, 0.3) is 11.1 Å². The van der Waals surface area contributed by atoms with E-state index in [9.17, 15) is 9.90 Å². The Morgan fingerprint density at radius 2 is 1.82 bits per heavy atom. The van der Waals surface area contributed by atoms with E-state index in [2.05, 4.69) is 36.2 Å². The van der Waals surface area contributed by atoms with Crippen LogP contribution in [-0.4, -0.2) is 27.4 Å². The maximum atomic E-state index is 11.5. The van der Waals surface area contributed by atoms with E-state index in [1.54, 1.807) is 4.57 Å². The maximum Gasteiger partial charge on any atom is 0.300 e. The number of ether oxygens (including phenoxy) is 2. The summed E-state index contributed by atoms with van der Waals surface area (Å²) in [6.07, 6.45) is 0.769. The number of nitrogens with zero attached hydrogens (tertiary/aromatic N) is 2. The Labute approximate surface area is 163 Å². The number of aromatic nitrogens is 2. The summed E-state index contributed by atoms with van der Waals surface area (Å²) in [7, 11) is 0. The molecule has 6 heteroatoms. The van der Waals surface area contributed by atoms with Crippen LogP contribution in [0.1, 0.15) is 18.2 Å². The number of benzene rings is 2. The Morgan fingerprint density at radius 1 is 1.14 bits per heavy atom. The molecule has 0 radical (unpaired) electrons. The molecule has 0 saturated heterocycles. The van der Waals surface area contributed by atoms with Crippen molar-refractivity contribution in [2.75, 3.05) is 6.61 Å². The molecule has 0 bridgehead atoms. The first-order chi connectivity index (χ1) is 13.7. The van der Waals surface area contributed by atoms with E-state index in [4.69, 9.17) is 9.47 Å². The Hall–Kier alpha value is -3.12. The molecule has 2 aromatic carbocycles. The number of hydrogen-bond donors (Lipinski definition) is 1. The predicted molar refractivity (Wildman–Crippen MR) is 106 cm³/mol. The van der Waals surface area contributed by atoms with E-state index in [-0.39, 0.29) is 18.7 Å². The second-order valence-corrected chi connectivity index (χ2v) is 6.76. The molecule has 3 aromatic rings. The fourth-order valence-electron chi connectivity index (χ4n) is 3.29. The molecule has 0 spiro atoms. The number of aliphatic hydroxyl groups is 1. The standard InChI is InChI=1S/C22H22N2O4/c1-2-15-3-5-16(6-4-15)17-7-9-19(10-8-17)27-14-20-12-24-18(13-25)11-21(26)23-22(24)28-20/h3-11,20,25H,2,12-14H2,1H3/t20-/m0/s1. The van der Waals surface area contributed by atoms with Crippen molar-refractivity contribution >= 4 is 0 Å². The van der Waals surface area contributed by atoms with Crippen molar-refractivity contribution in [1.29, 1.82) is 0 Å². The normalized spacial score (nSPS) is 15.1. The Kier molecular flexibility index (Phi) is 5.12. The molecule has 0 fully saturated rings. The molecule has 2 heterocycles. The molecule has 1 aliphatic heterocycles. The number of hydrogen-bond acceptors (Lipinski definition) is 5. The zero-order chi connectivity index (χ0) is 19.5. The van der Waals surface area contributed by atoms with E-state index in [1.165, 1.54) is 17.2 Å². The summed E-state index contributed by atoms with van der Waals surface area (Å²) in [5, 5.41) is 9.40. The third-order valence-corrected chi connectivity index (χ3v) is 4.88. The first kappa shape index (κ1) is 18.3. The van der Waals surface area contributed by atoms with Crippen LogP contribution in [0, 0.1) is 0 Å². The lowest BCUT2D eigenvalue weighted by Gasteiger charge is -2.12. The summed E-state index contributed by atoms with van der Waals surface area (Å²) in [6.45, 7) is 2.72. The summed E-state index contributed by atoms with van der Waals surface area (Å²) in [6, 6.07) is 18.0. The Balaban J connectivity index is 1.38. The molecular weight excluding hydrogens is 356 g/mol. The lowest BCUT2D eigenvalue weighted by Crippen LogP contribution is -2.23. The van der Waals surface area contributed by atoms with Gasteiger partial charge in [-0.3, -0.25) is 9.36 Å². The van der Waals surface area contributed by atoms with Gasteiger partial charge in [-0.05, 0) is 35.2 Å². The minimum atomic E-state index is -0.417. The molecular formula is C22H22N2O4. The zero-order valence-corrected chi connectivity index (χ0v) is 15.7. The molecule has 6 nitrogen and oxygen atoms in total. The van der Waals surface area contributed by atoms with Crippen molar-refractivity contribution in [2.45, 2.75) is 32.6 Å². The van der Waals surface area contributed by atoms with Crippen molar-refractivity contribution < 1.29 is 14.6 Å². The van der Waals surface area contributed by atoms with Gasteiger partial charge in [0.05, 0.1) is 18.8 Å². The molecule has 144 valence electrons. The van der Waals surface area contributed by atoms with Crippen molar-refractivity contribution in [3.63, 3.8) is 0 Å². The van der Waals surface area contributed by atoms with E-state index >= 15 is 0 Å². The van der Waals surface area contributed by atoms with Crippen LogP contribution in [0.5, 0.6) is 11.8 Å². The van der Waals surface area contributed by atoms with E-state index in [1.807, 2.05) is 24.3 Å². The van der Waals surface area contributed by atoms with E-state index < -0.39 is 5.56 Å². The van der Waals surface area contributed by atoms with Crippen molar-refractivity contribution in [1.82, 2.24) is 9.55 Å². The summed E-state index contributed by atoms with van der Waals surface area (Å²) in [5.41, 5.74) is 3.71. The molecule has 0 amide bonds. The second-order valence-electron chi connectivity index (χ2n) is 6.76. The molecule has 1 aliphatic rings. The average molecular weight is 378 g/mol. The summed E-state index contributed by atoms with van der Waals surface area (Å²) in [4.78, 5) is 15.4. The highest BCUT2D eigenvalue weighted by Crippen LogP contribution is 2.24. The first-order valence-electron chi connectivity index (χ1n) is 9.36. The summed E-state index contributed by atoms with van der Waals surface area (Å²) in [5.74, 6) is 0.748. The third kappa shape index (κ3) is 3.77. The largest absolute Gasteiger partial charge is 0.490 e. The highest BCUT2D eigenvalue weighted by atomic mass is 16.6. The molecule has 1 aromatic heterocycles. The van der Waals surface area contributed by atoms with Gasteiger partial charge in [-0.1, -0.05) is 43.3 Å². The first-order valence-corrected chi connectivity index (χ1v) is 9.36. The summed E-state index contributed by atoms with van der Waals surface area (Å²) < 4.78 is 13.2. The van der Waals surface area contributed by atoms with Gasteiger partial charge in [-0.15, -0.1) is 0 Å². The molecule has 0 saturated carbocycles. The van der Waals surface area contributed by atoms with Gasteiger partial charge in [0.2, 0.25) is 0 Å². The van der Waals surface area contributed by atoms with Crippen LogP contribution in [0.4, 0.5) is 0 Å². The van der Waals surface area contributed by atoms with Gasteiger partial charge in [-0.2, -0.15) is 4.98 Å². The molecule has 1 N–H and O–H groups in total. The number of aryl methyl sites for hydroxylation is 1. The topological polar surface area (TPSA) is 73.6 Å². The zero-order valence-electron chi connectivity index (χ0n) is 15.7. The smallest absolute Gasteiger partial charge is 0.300 e. The minimum absolute atomic E-state index is 0.232. The van der Waals surface area contributed by atoms with Crippen LogP contribution >= 0.6 is 0 Å². The minimum Gasteiger partial charge on any atom is -0.490 e. The fraction of sp³-hybridized carbons (Fsp3) is 0.273. The molecule has 1 atom stereocenters. The highest BCUT2D eigenvalue weighted by molar-refractivity contribution is 5.64. The lowest BCUT2D eigenvalue weighted by atomic mass is 10.0. The van der Waals surface area contributed by atoms with Crippen LogP contribution in [0.2, 0.25) is 0 Å². The second kappa shape index (κ2) is 7.86. The molecule has 0 unspecified atom stereocenters. The Morgan fingerprint density at radius 3 is 2.46 bits per heavy atom. The van der Waals surface area contributed by atoms with Crippen molar-refractivity contribution in [2.24, 2.45) is 0 Å². The maximum absolute atomic E-state index is 11.5. The van der Waals surface area contributed by atoms with Gasteiger partial charge in [0.1, 0.15) is 12.4 Å². The number of fused-ring (bicyclic) bond motifs is 1. The fourth-order valence-corrected chi connectivity index (χ4v) is 3.29. The van der Waals surface area contributed by atoms with Gasteiger partial charge >= 0.3 is 6.01 Å². The average Bonchev–Trinajstić information content (AvgIpc) is 3.15. The van der Waals surface area contributed by atoms with Crippen molar-refractivity contribution in [3.8, 4) is 22.9 Å². The lowest BCUT2D eigenvalue weighted by molar-refractivity contribution is 0.143. The molecule has 4 rings (SSSR count). The van der Waals surface area contributed by atoms with E-state index in [0.29, 0.717) is 18.8 Å². The number of aliphatic hydroxyl groups excluding tert-OH is 1. The molecule has 0 aliphatic carbocycles. The van der Waals surface area contributed by atoms with Gasteiger partial charge < -0.3 is 14.6 Å². The van der Waals surface area contributed by atoms with Crippen LogP contribution in [0.3, 0.4) is 0 Å². The van der Waals surface area contributed by atoms with Gasteiger partial charge in [0, 0.05) is 6.07 Å². The van der Waals surface area contributed by atoms with Crippen molar-refractivity contribution in [3.05, 3.63) is 76.2 Å². The van der Waals surface area contributed by atoms with Gasteiger partial charge in [0.15, 0.2) is 6.10 Å². The van der Waals surface area contributed by atoms with Crippen LogP contribution in [-0.2, 0) is 19.6 Å². The van der Waals surface area contributed by atoms with Crippen LogP contribution < -0.4 is 15.0 Å². The quantitative estimate of drug-likeness (QED) is 0.714. The predicted octanol–water partition coefficient (Wildman–Crippen LogP) is 2.81. The Bertz CT molecular complexity index is 1010. The van der Waals surface area contributed by atoms with E-state index in [0.717, 1.165) is 17.7 Å².